The van der Waals surface area contributed by atoms with Crippen LogP contribution in [0.5, 0.6) is 0 Å². The third-order valence-corrected chi connectivity index (χ3v) is 6.35. The summed E-state index contributed by atoms with van der Waals surface area (Å²) in [5.41, 5.74) is 3.85. The van der Waals surface area contributed by atoms with Crippen LogP contribution in [-0.2, 0) is 29.3 Å². The molecule has 0 radical (unpaired) electrons. The topological polar surface area (TPSA) is 58.2 Å². The van der Waals surface area contributed by atoms with Gasteiger partial charge in [-0.1, -0.05) is 18.2 Å². The summed E-state index contributed by atoms with van der Waals surface area (Å²) in [6.45, 7) is 4.74. The van der Waals surface area contributed by atoms with Crippen LogP contribution in [0.1, 0.15) is 30.0 Å². The van der Waals surface area contributed by atoms with Crippen molar-refractivity contribution in [1.82, 2.24) is 10.6 Å². The van der Waals surface area contributed by atoms with Crippen molar-refractivity contribution in [3.05, 3.63) is 34.9 Å². The lowest BCUT2D eigenvalue weighted by molar-refractivity contribution is 0.394. The Bertz CT molecular complexity index is 612. The first-order chi connectivity index (χ1) is 9.48. The number of hydrogen-bond donors (Lipinski definition) is 2. The molecule has 0 saturated carbocycles. The molecule has 1 fully saturated rings. The van der Waals surface area contributed by atoms with Crippen molar-refractivity contribution in [2.24, 2.45) is 0 Å². The molecule has 0 bridgehead atoms. The number of benzene rings is 1. The lowest BCUT2D eigenvalue weighted by Gasteiger charge is -2.26. The van der Waals surface area contributed by atoms with Crippen LogP contribution in [-0.4, -0.2) is 32.0 Å². The van der Waals surface area contributed by atoms with E-state index in [9.17, 15) is 8.42 Å². The smallest absolute Gasteiger partial charge is 0.152 e. The van der Waals surface area contributed by atoms with E-state index in [1.165, 1.54) is 16.7 Å². The highest BCUT2D eigenvalue weighted by Gasteiger charge is 2.37. The molecule has 5 heteroatoms. The van der Waals surface area contributed by atoms with Gasteiger partial charge in [-0.05, 0) is 43.0 Å². The van der Waals surface area contributed by atoms with Crippen molar-refractivity contribution in [3.63, 3.8) is 0 Å². The molecule has 0 aromatic heterocycles. The first kappa shape index (κ1) is 14.0. The molecular formula is C15H22N2O2S. The quantitative estimate of drug-likeness (QED) is 0.873. The van der Waals surface area contributed by atoms with E-state index in [0.29, 0.717) is 12.2 Å². The molecule has 0 amide bonds. The molecular weight excluding hydrogens is 272 g/mol. The standard InChI is InChI=1S/C15H22N2O2S/c1-15(6-8-20(18,19)11-15)17-10-13-4-2-3-12-9-16-7-5-14(12)13/h2-4,16-17H,5-11H2,1H3. The molecule has 2 heterocycles. The van der Waals surface area contributed by atoms with Gasteiger partial charge in [0, 0.05) is 18.6 Å². The molecule has 4 nitrogen and oxygen atoms in total. The summed E-state index contributed by atoms with van der Waals surface area (Å²) < 4.78 is 23.3. The SMILES string of the molecule is CC1(NCc2cccc3c2CCNC3)CCS(=O)(=O)C1. The van der Waals surface area contributed by atoms with E-state index in [4.69, 9.17) is 0 Å². The van der Waals surface area contributed by atoms with Crippen LogP contribution in [0, 0.1) is 0 Å². The maximum absolute atomic E-state index is 11.6. The fraction of sp³-hybridized carbons (Fsp3) is 0.600. The van der Waals surface area contributed by atoms with E-state index < -0.39 is 9.84 Å². The second kappa shape index (κ2) is 5.13. The van der Waals surface area contributed by atoms with Crippen molar-refractivity contribution in [3.8, 4) is 0 Å². The monoisotopic (exact) mass is 294 g/mol. The highest BCUT2D eigenvalue weighted by atomic mass is 32.2. The maximum atomic E-state index is 11.6. The lowest BCUT2D eigenvalue weighted by atomic mass is 9.94. The zero-order valence-electron chi connectivity index (χ0n) is 11.9. The van der Waals surface area contributed by atoms with E-state index in [2.05, 4.69) is 28.8 Å². The predicted molar refractivity (Wildman–Crippen MR) is 80.4 cm³/mol. The molecule has 1 saturated heterocycles. The number of nitrogens with one attached hydrogen (secondary N) is 2. The van der Waals surface area contributed by atoms with Crippen molar-refractivity contribution >= 4 is 9.84 Å². The van der Waals surface area contributed by atoms with Crippen LogP contribution in [0.25, 0.3) is 0 Å². The second-order valence-corrected chi connectivity index (χ2v) is 8.42. The van der Waals surface area contributed by atoms with Crippen LogP contribution in [0.15, 0.2) is 18.2 Å². The average molecular weight is 294 g/mol. The molecule has 2 aliphatic heterocycles. The van der Waals surface area contributed by atoms with Gasteiger partial charge in [0.15, 0.2) is 9.84 Å². The Labute approximate surface area is 120 Å². The van der Waals surface area contributed by atoms with Gasteiger partial charge in [-0.25, -0.2) is 8.42 Å². The zero-order chi connectivity index (χ0) is 14.2. The van der Waals surface area contributed by atoms with Crippen LogP contribution in [0.3, 0.4) is 0 Å². The van der Waals surface area contributed by atoms with E-state index in [1.807, 2.05) is 6.92 Å². The van der Waals surface area contributed by atoms with Gasteiger partial charge in [0.1, 0.15) is 0 Å². The molecule has 1 aromatic rings. The molecule has 20 heavy (non-hydrogen) atoms. The van der Waals surface area contributed by atoms with Crippen LogP contribution in [0.2, 0.25) is 0 Å². The Hall–Kier alpha value is -0.910. The van der Waals surface area contributed by atoms with Gasteiger partial charge >= 0.3 is 0 Å². The van der Waals surface area contributed by atoms with E-state index in [0.717, 1.165) is 26.1 Å². The molecule has 0 aliphatic carbocycles. The molecule has 0 spiro atoms. The first-order valence-electron chi connectivity index (χ1n) is 7.23. The Kier molecular flexibility index (Phi) is 3.60. The highest BCUT2D eigenvalue weighted by Crippen LogP contribution is 2.25. The van der Waals surface area contributed by atoms with Gasteiger partial charge in [-0.2, -0.15) is 0 Å². The van der Waals surface area contributed by atoms with Gasteiger partial charge < -0.3 is 10.6 Å². The van der Waals surface area contributed by atoms with Crippen LogP contribution >= 0.6 is 0 Å². The van der Waals surface area contributed by atoms with Crippen molar-refractivity contribution in [2.75, 3.05) is 18.1 Å². The molecule has 110 valence electrons. The molecule has 1 atom stereocenters. The summed E-state index contributed by atoms with van der Waals surface area (Å²) in [6.07, 6.45) is 1.77. The minimum Gasteiger partial charge on any atom is -0.312 e. The Morgan fingerprint density at radius 3 is 3.00 bits per heavy atom. The van der Waals surface area contributed by atoms with Gasteiger partial charge in [0.25, 0.3) is 0 Å². The molecule has 1 unspecified atom stereocenters. The minimum absolute atomic E-state index is 0.260. The number of sulfone groups is 1. The largest absolute Gasteiger partial charge is 0.312 e. The number of hydrogen-bond acceptors (Lipinski definition) is 4. The summed E-state index contributed by atoms with van der Waals surface area (Å²) >= 11 is 0. The van der Waals surface area contributed by atoms with Crippen molar-refractivity contribution in [1.29, 1.82) is 0 Å². The summed E-state index contributed by atoms with van der Waals surface area (Å²) in [6, 6.07) is 6.42. The van der Waals surface area contributed by atoms with Crippen LogP contribution in [0.4, 0.5) is 0 Å². The minimum atomic E-state index is -2.85. The molecule has 2 aliphatic rings. The maximum Gasteiger partial charge on any atom is 0.152 e. The zero-order valence-corrected chi connectivity index (χ0v) is 12.7. The van der Waals surface area contributed by atoms with Gasteiger partial charge in [0.2, 0.25) is 0 Å². The van der Waals surface area contributed by atoms with Gasteiger partial charge in [-0.15, -0.1) is 0 Å². The summed E-state index contributed by atoms with van der Waals surface area (Å²) in [4.78, 5) is 0. The number of rotatable bonds is 3. The summed E-state index contributed by atoms with van der Waals surface area (Å²) in [7, 11) is -2.85. The van der Waals surface area contributed by atoms with Crippen molar-refractivity contribution in [2.45, 2.75) is 38.4 Å². The van der Waals surface area contributed by atoms with Crippen LogP contribution < -0.4 is 10.6 Å². The van der Waals surface area contributed by atoms with Crippen molar-refractivity contribution < 1.29 is 8.42 Å². The molecule has 1 aromatic carbocycles. The third kappa shape index (κ3) is 2.90. The fourth-order valence-corrected chi connectivity index (χ4v) is 5.36. The van der Waals surface area contributed by atoms with Gasteiger partial charge in [-0.3, -0.25) is 0 Å². The summed E-state index contributed by atoms with van der Waals surface area (Å²) in [5, 5.41) is 6.86. The Balaban J connectivity index is 1.73. The number of fused-ring (bicyclic) bond motifs is 1. The predicted octanol–water partition coefficient (Wildman–Crippen LogP) is 0.999. The average Bonchev–Trinajstić information content (AvgIpc) is 2.71. The van der Waals surface area contributed by atoms with E-state index in [-0.39, 0.29) is 11.3 Å². The molecule has 2 N–H and O–H groups in total. The highest BCUT2D eigenvalue weighted by molar-refractivity contribution is 7.91. The Morgan fingerprint density at radius 1 is 1.40 bits per heavy atom. The van der Waals surface area contributed by atoms with E-state index >= 15 is 0 Å². The van der Waals surface area contributed by atoms with E-state index in [1.54, 1.807) is 0 Å². The second-order valence-electron chi connectivity index (χ2n) is 6.24. The first-order valence-corrected chi connectivity index (χ1v) is 9.05. The summed E-state index contributed by atoms with van der Waals surface area (Å²) in [5.74, 6) is 0.573. The normalized spacial score (nSPS) is 28.2. The Morgan fingerprint density at radius 2 is 2.25 bits per heavy atom. The van der Waals surface area contributed by atoms with Gasteiger partial charge in [0.05, 0.1) is 11.5 Å². The molecule has 3 rings (SSSR count). The fourth-order valence-electron chi connectivity index (χ4n) is 3.24. The third-order valence-electron chi connectivity index (χ3n) is 4.45. The lowest BCUT2D eigenvalue weighted by Crippen LogP contribution is -2.43.